The Morgan fingerprint density at radius 1 is 1.03 bits per heavy atom. The second-order valence-electron chi connectivity index (χ2n) is 6.36. The van der Waals surface area contributed by atoms with Crippen LogP contribution < -0.4 is 5.32 Å². The van der Waals surface area contributed by atoms with Crippen molar-refractivity contribution < 1.29 is 44.1 Å². The number of hydrogen-bond acceptors (Lipinski definition) is 6. The monoisotopic (exact) mass is 494 g/mol. The van der Waals surface area contributed by atoms with Crippen LogP contribution in [0.4, 0.5) is 0 Å². The molecule has 30 heavy (non-hydrogen) atoms. The number of aromatic nitrogens is 1. The summed E-state index contributed by atoms with van der Waals surface area (Å²) >= 11 is 2.45. The van der Waals surface area contributed by atoms with Crippen LogP contribution in [0.5, 0.6) is 0 Å². The van der Waals surface area contributed by atoms with E-state index in [9.17, 15) is 24.6 Å². The van der Waals surface area contributed by atoms with Gasteiger partial charge in [-0.2, -0.15) is 0 Å². The van der Waals surface area contributed by atoms with Crippen molar-refractivity contribution in [3.63, 3.8) is 0 Å². The first kappa shape index (κ1) is 24.0. The molecule has 7 nitrogen and oxygen atoms in total. The van der Waals surface area contributed by atoms with E-state index in [2.05, 4.69) is 10.3 Å². The molecule has 10 heteroatoms. The van der Waals surface area contributed by atoms with Crippen LogP contribution in [0.2, 0.25) is 0 Å². The van der Waals surface area contributed by atoms with E-state index >= 15 is 0 Å². The topological polar surface area (TPSA) is 117 Å². The van der Waals surface area contributed by atoms with E-state index in [1.165, 1.54) is 11.3 Å². The molecule has 3 rings (SSSR count). The third-order valence-corrected chi connectivity index (χ3v) is 6.72. The molecule has 3 N–H and O–H groups in total. The molecule has 0 saturated carbocycles. The number of thiazole rings is 1. The Balaban J connectivity index is 0.00000320. The summed E-state index contributed by atoms with van der Waals surface area (Å²) in [5.74, 6) is -3.90. The maximum Gasteiger partial charge on any atom is 0.320 e. The fourth-order valence-corrected chi connectivity index (χ4v) is 5.00. The largest absolute Gasteiger partial charge is 0.481 e. The number of carbonyl (C=O) groups excluding carboxylic acids is 1. The van der Waals surface area contributed by atoms with Crippen LogP contribution in [0.3, 0.4) is 0 Å². The minimum atomic E-state index is -2.11. The van der Waals surface area contributed by atoms with Crippen molar-refractivity contribution in [2.75, 3.05) is 5.75 Å². The molecule has 0 radical (unpaired) electrons. The van der Waals surface area contributed by atoms with Gasteiger partial charge in [0.05, 0.1) is 16.6 Å². The molecular weight excluding hydrogens is 478 g/mol. The van der Waals surface area contributed by atoms with Crippen molar-refractivity contribution in [1.82, 2.24) is 10.3 Å². The molecule has 3 aromatic rings. The second kappa shape index (κ2) is 10.7. The average Bonchev–Trinajstić information content (AvgIpc) is 3.12. The van der Waals surface area contributed by atoms with Gasteiger partial charge in [-0.1, -0.05) is 54.2 Å². The van der Waals surface area contributed by atoms with Crippen molar-refractivity contribution in [1.29, 1.82) is 0 Å². The summed E-state index contributed by atoms with van der Waals surface area (Å²) in [5.41, 5.74) is -0.551. The smallest absolute Gasteiger partial charge is 0.320 e. The van der Waals surface area contributed by atoms with Gasteiger partial charge in [-0.15, -0.1) is 11.3 Å². The molecule has 0 aliphatic heterocycles. The Morgan fingerprint density at radius 3 is 2.33 bits per heavy atom. The molecule has 0 saturated heterocycles. The number of aliphatic carboxylic acids is 2. The van der Waals surface area contributed by atoms with Gasteiger partial charge >= 0.3 is 11.9 Å². The Kier molecular flexibility index (Phi) is 8.52. The number of amides is 1. The maximum absolute atomic E-state index is 12.8. The Labute approximate surface area is 193 Å². The van der Waals surface area contributed by atoms with Gasteiger partial charge in [-0.3, -0.25) is 14.4 Å². The molecule has 0 aliphatic rings. The molecule has 1 amide bonds. The number of nitrogens with zero attached hydrogens (tertiary/aromatic N) is 1. The Bertz CT molecular complexity index is 1010. The summed E-state index contributed by atoms with van der Waals surface area (Å²) in [6.45, 7) is 0.111. The molecule has 1 unspecified atom stereocenters. The van der Waals surface area contributed by atoms with E-state index in [0.717, 1.165) is 27.5 Å². The van der Waals surface area contributed by atoms with Gasteiger partial charge in [0, 0.05) is 31.8 Å². The van der Waals surface area contributed by atoms with Gasteiger partial charge in [0.2, 0.25) is 5.91 Å². The standard InChI is InChI=1S/C20H18N2O5S2.Zn/c23-16(24)10-20(18(26)27,17(25)21-11-13-6-2-1-3-7-13)12-28-19-22-14-8-4-5-9-15(14)29-19;/h1-9H,10-12H2,(H,21,25)(H,23,24)(H,26,27);. The molecule has 0 fully saturated rings. The average molecular weight is 496 g/mol. The second-order valence-corrected chi connectivity index (χ2v) is 8.62. The number of carboxylic acids is 2. The fourth-order valence-electron chi connectivity index (χ4n) is 2.73. The summed E-state index contributed by atoms with van der Waals surface area (Å²) in [5, 5.41) is 21.7. The minimum absolute atomic E-state index is 0. The van der Waals surface area contributed by atoms with E-state index in [4.69, 9.17) is 0 Å². The zero-order chi connectivity index (χ0) is 20.9. The molecule has 0 aliphatic carbocycles. The number of carboxylic acid groups (broad SMARTS) is 2. The number of nitrogens with one attached hydrogen (secondary N) is 1. The van der Waals surface area contributed by atoms with Crippen molar-refractivity contribution in [2.45, 2.75) is 17.3 Å². The fraction of sp³-hybridized carbons (Fsp3) is 0.200. The van der Waals surface area contributed by atoms with Gasteiger partial charge in [0.1, 0.15) is 0 Å². The van der Waals surface area contributed by atoms with E-state index in [1.807, 2.05) is 30.3 Å². The maximum atomic E-state index is 12.8. The number of benzene rings is 2. The number of thioether (sulfide) groups is 1. The van der Waals surface area contributed by atoms with E-state index in [-0.39, 0.29) is 31.8 Å². The third kappa shape index (κ3) is 5.65. The molecular formula is C20H18N2O5S2Zn. The zero-order valence-corrected chi connectivity index (χ0v) is 20.5. The van der Waals surface area contributed by atoms with Crippen LogP contribution >= 0.6 is 23.1 Å². The molecule has 0 bridgehead atoms. The third-order valence-electron chi connectivity index (χ3n) is 4.31. The van der Waals surface area contributed by atoms with Crippen molar-refractivity contribution in [3.8, 4) is 0 Å². The van der Waals surface area contributed by atoms with Gasteiger partial charge in [-0.25, -0.2) is 4.98 Å². The van der Waals surface area contributed by atoms with E-state index in [0.29, 0.717) is 4.34 Å². The van der Waals surface area contributed by atoms with Crippen LogP contribution in [0.25, 0.3) is 10.2 Å². The molecule has 2 aromatic carbocycles. The van der Waals surface area contributed by atoms with Crippen LogP contribution in [0.1, 0.15) is 12.0 Å². The summed E-state index contributed by atoms with van der Waals surface area (Å²) in [6.07, 6.45) is -0.819. The summed E-state index contributed by atoms with van der Waals surface area (Å²) in [6, 6.07) is 16.4. The zero-order valence-electron chi connectivity index (χ0n) is 15.9. The van der Waals surface area contributed by atoms with Crippen molar-refractivity contribution >= 4 is 51.2 Å². The van der Waals surface area contributed by atoms with Gasteiger partial charge < -0.3 is 15.5 Å². The minimum Gasteiger partial charge on any atom is -0.481 e. The number of fused-ring (bicyclic) bond motifs is 1. The predicted molar refractivity (Wildman–Crippen MR) is 111 cm³/mol. The molecule has 1 heterocycles. The van der Waals surface area contributed by atoms with Crippen molar-refractivity contribution in [2.24, 2.45) is 5.41 Å². The first-order valence-corrected chi connectivity index (χ1v) is 10.5. The van der Waals surface area contributed by atoms with Crippen LogP contribution in [-0.2, 0) is 40.4 Å². The molecule has 1 aromatic heterocycles. The SMILES string of the molecule is O=C(O)CC(CSc1nc2ccccc2s1)(C(=O)O)C(=O)NCc1ccccc1.[Zn]. The van der Waals surface area contributed by atoms with Gasteiger partial charge in [-0.05, 0) is 17.7 Å². The van der Waals surface area contributed by atoms with Gasteiger partial charge in [0.15, 0.2) is 9.75 Å². The quantitative estimate of drug-likeness (QED) is 0.237. The number of carbonyl (C=O) groups is 3. The number of rotatable bonds is 9. The number of para-hydroxylation sites is 1. The van der Waals surface area contributed by atoms with Crippen LogP contribution in [0.15, 0.2) is 58.9 Å². The first-order valence-electron chi connectivity index (χ1n) is 8.66. The van der Waals surface area contributed by atoms with Gasteiger partial charge in [0.25, 0.3) is 0 Å². The molecule has 152 valence electrons. The first-order chi connectivity index (χ1) is 13.9. The number of hydrogen-bond donors (Lipinski definition) is 3. The Hall–Kier alpha value is -2.29. The predicted octanol–water partition coefficient (Wildman–Crippen LogP) is 3.25. The molecule has 0 spiro atoms. The molecule has 1 atom stereocenters. The summed E-state index contributed by atoms with van der Waals surface area (Å²) in [4.78, 5) is 40.7. The van der Waals surface area contributed by atoms with E-state index < -0.39 is 29.7 Å². The summed E-state index contributed by atoms with van der Waals surface area (Å²) < 4.78 is 1.51. The Morgan fingerprint density at radius 2 is 1.70 bits per heavy atom. The summed E-state index contributed by atoms with van der Waals surface area (Å²) in [7, 11) is 0. The normalized spacial score (nSPS) is 12.5. The van der Waals surface area contributed by atoms with Crippen LogP contribution in [-0.4, -0.2) is 38.8 Å². The van der Waals surface area contributed by atoms with E-state index in [1.54, 1.807) is 24.3 Å². The van der Waals surface area contributed by atoms with Crippen LogP contribution in [0, 0.1) is 5.41 Å². The van der Waals surface area contributed by atoms with Crippen molar-refractivity contribution in [3.05, 3.63) is 60.2 Å².